The number of carbonyl (C=O) groups excluding carboxylic acids is 1. The van der Waals surface area contributed by atoms with E-state index in [1.54, 1.807) is 7.11 Å². The largest absolute Gasteiger partial charge is 0.496 e. The van der Waals surface area contributed by atoms with Gasteiger partial charge in [0, 0.05) is 18.3 Å². The number of nitrogens with one attached hydrogen (secondary N) is 1. The number of nitrogens with zero attached hydrogens (tertiary/aromatic N) is 2. The monoisotopic (exact) mass is 429 g/mol. The van der Waals surface area contributed by atoms with Gasteiger partial charge in [0.15, 0.2) is 0 Å². The van der Waals surface area contributed by atoms with E-state index in [2.05, 4.69) is 27.3 Å². The van der Waals surface area contributed by atoms with E-state index in [0.717, 1.165) is 49.5 Å². The van der Waals surface area contributed by atoms with Gasteiger partial charge in [-0.05, 0) is 55.6 Å². The maximum atomic E-state index is 12.9. The molecule has 0 spiro atoms. The number of piperidine rings is 1. The molecule has 0 radical (unpaired) electrons. The predicted molar refractivity (Wildman–Crippen MR) is 126 cm³/mol. The number of amides is 1. The van der Waals surface area contributed by atoms with Crippen LogP contribution in [0.5, 0.6) is 5.75 Å². The summed E-state index contributed by atoms with van der Waals surface area (Å²) in [5, 5.41) is 3.29. The van der Waals surface area contributed by atoms with Gasteiger partial charge >= 0.3 is 0 Å². The summed E-state index contributed by atoms with van der Waals surface area (Å²) in [6.45, 7) is 2.85. The molecule has 1 N–H and O–H groups in total. The Morgan fingerprint density at radius 3 is 2.47 bits per heavy atom. The Labute approximate surface area is 190 Å². The average Bonchev–Trinajstić information content (AvgIpc) is 2.85. The van der Waals surface area contributed by atoms with E-state index >= 15 is 0 Å². The Hall–Kier alpha value is -3.18. The molecule has 4 rings (SSSR count). The van der Waals surface area contributed by atoms with Crippen molar-refractivity contribution in [2.75, 3.05) is 20.2 Å². The molecule has 5 heteroatoms. The third kappa shape index (κ3) is 5.74. The summed E-state index contributed by atoms with van der Waals surface area (Å²) in [5.74, 6) is 1.34. The quantitative estimate of drug-likeness (QED) is 0.577. The number of para-hydroxylation sites is 1. The second kappa shape index (κ2) is 10.9. The van der Waals surface area contributed by atoms with Crippen LogP contribution in [0, 0.1) is 5.92 Å². The van der Waals surface area contributed by atoms with E-state index < -0.39 is 0 Å². The average molecular weight is 430 g/mol. The molecule has 0 unspecified atom stereocenters. The number of rotatable bonds is 8. The highest BCUT2D eigenvalue weighted by molar-refractivity contribution is 5.79. The summed E-state index contributed by atoms with van der Waals surface area (Å²) in [6, 6.07) is 24.0. The molecule has 1 saturated heterocycles. The van der Waals surface area contributed by atoms with Crippen LogP contribution in [-0.4, -0.2) is 36.0 Å². The van der Waals surface area contributed by atoms with Gasteiger partial charge in [0.05, 0.1) is 25.3 Å². The minimum atomic E-state index is -0.0687. The molecule has 1 aromatic heterocycles. The van der Waals surface area contributed by atoms with E-state index in [-0.39, 0.29) is 11.9 Å². The van der Waals surface area contributed by atoms with Gasteiger partial charge in [0.2, 0.25) is 5.91 Å². The summed E-state index contributed by atoms with van der Waals surface area (Å²) in [4.78, 5) is 19.9. The van der Waals surface area contributed by atoms with Crippen molar-refractivity contribution in [1.82, 2.24) is 15.2 Å². The van der Waals surface area contributed by atoms with Gasteiger partial charge in [0.25, 0.3) is 0 Å². The van der Waals surface area contributed by atoms with Crippen LogP contribution in [0.25, 0.3) is 0 Å². The van der Waals surface area contributed by atoms with E-state index in [9.17, 15) is 4.79 Å². The Morgan fingerprint density at radius 1 is 1.03 bits per heavy atom. The highest BCUT2D eigenvalue weighted by Gasteiger charge is 2.30. The van der Waals surface area contributed by atoms with E-state index in [1.807, 2.05) is 66.9 Å². The first-order valence-electron chi connectivity index (χ1n) is 11.3. The van der Waals surface area contributed by atoms with Crippen LogP contribution in [0.2, 0.25) is 0 Å². The number of likely N-dealkylation sites (tertiary alicyclic amines) is 1. The molecule has 166 valence electrons. The highest BCUT2D eigenvalue weighted by Crippen LogP contribution is 2.31. The third-order valence-electron chi connectivity index (χ3n) is 6.22. The van der Waals surface area contributed by atoms with Crippen LogP contribution in [0.1, 0.15) is 35.7 Å². The molecule has 2 aromatic carbocycles. The van der Waals surface area contributed by atoms with Gasteiger partial charge in [0.1, 0.15) is 5.75 Å². The smallest absolute Gasteiger partial charge is 0.224 e. The molecule has 2 heterocycles. The maximum Gasteiger partial charge on any atom is 0.224 e. The van der Waals surface area contributed by atoms with Crippen LogP contribution in [-0.2, 0) is 17.8 Å². The standard InChI is InChI=1S/C27H31N3O2/c1-32-25-13-6-5-11-23(25)20-30-17-14-22(15-18-30)27(24-12-7-8-16-28-24)29-26(31)19-21-9-3-2-4-10-21/h2-13,16,22,27H,14-15,17-20H2,1H3,(H,29,31)/t27-/m0/s1. The van der Waals surface area contributed by atoms with Crippen LogP contribution < -0.4 is 10.1 Å². The van der Waals surface area contributed by atoms with Crippen molar-refractivity contribution in [3.63, 3.8) is 0 Å². The Balaban J connectivity index is 1.40. The SMILES string of the molecule is COc1ccccc1CN1CCC([C@H](NC(=O)Cc2ccccc2)c2ccccn2)CC1. The summed E-state index contributed by atoms with van der Waals surface area (Å²) in [6.07, 6.45) is 4.23. The van der Waals surface area contributed by atoms with Gasteiger partial charge in [-0.3, -0.25) is 14.7 Å². The molecule has 1 atom stereocenters. The fourth-order valence-corrected chi connectivity index (χ4v) is 4.52. The van der Waals surface area contributed by atoms with Gasteiger partial charge in [-0.1, -0.05) is 54.6 Å². The molecular formula is C27H31N3O2. The number of benzene rings is 2. The van der Waals surface area contributed by atoms with Crippen molar-refractivity contribution < 1.29 is 9.53 Å². The zero-order chi connectivity index (χ0) is 22.2. The van der Waals surface area contributed by atoms with Crippen molar-refractivity contribution in [1.29, 1.82) is 0 Å². The second-order valence-corrected chi connectivity index (χ2v) is 8.39. The summed E-state index contributed by atoms with van der Waals surface area (Å²) in [5.41, 5.74) is 3.18. The van der Waals surface area contributed by atoms with Gasteiger partial charge in [-0.2, -0.15) is 0 Å². The van der Waals surface area contributed by atoms with Crippen molar-refractivity contribution in [3.05, 3.63) is 95.8 Å². The van der Waals surface area contributed by atoms with Crippen LogP contribution in [0.4, 0.5) is 0 Å². The van der Waals surface area contributed by atoms with Crippen LogP contribution in [0.3, 0.4) is 0 Å². The van der Waals surface area contributed by atoms with Crippen molar-refractivity contribution in [2.45, 2.75) is 31.8 Å². The van der Waals surface area contributed by atoms with E-state index in [0.29, 0.717) is 12.3 Å². The lowest BCUT2D eigenvalue weighted by atomic mass is 9.87. The molecular weight excluding hydrogens is 398 g/mol. The maximum absolute atomic E-state index is 12.9. The zero-order valence-electron chi connectivity index (χ0n) is 18.6. The molecule has 32 heavy (non-hydrogen) atoms. The Bertz CT molecular complexity index is 986. The number of aromatic nitrogens is 1. The van der Waals surface area contributed by atoms with Crippen LogP contribution in [0.15, 0.2) is 79.0 Å². The van der Waals surface area contributed by atoms with Gasteiger partial charge < -0.3 is 10.1 Å². The summed E-state index contributed by atoms with van der Waals surface area (Å²) < 4.78 is 5.51. The minimum absolute atomic E-state index is 0.0447. The van der Waals surface area contributed by atoms with Crippen molar-refractivity contribution in [2.24, 2.45) is 5.92 Å². The van der Waals surface area contributed by atoms with E-state index in [4.69, 9.17) is 4.74 Å². The molecule has 1 fully saturated rings. The molecule has 0 bridgehead atoms. The van der Waals surface area contributed by atoms with E-state index in [1.165, 1.54) is 5.56 Å². The highest BCUT2D eigenvalue weighted by atomic mass is 16.5. The number of carbonyl (C=O) groups is 1. The van der Waals surface area contributed by atoms with Crippen molar-refractivity contribution in [3.8, 4) is 5.75 Å². The number of pyridine rings is 1. The Kier molecular flexibility index (Phi) is 7.51. The molecule has 0 aliphatic carbocycles. The van der Waals surface area contributed by atoms with Crippen molar-refractivity contribution >= 4 is 5.91 Å². The topological polar surface area (TPSA) is 54.5 Å². The minimum Gasteiger partial charge on any atom is -0.496 e. The molecule has 1 aliphatic rings. The third-order valence-corrected chi connectivity index (χ3v) is 6.22. The number of hydrogen-bond donors (Lipinski definition) is 1. The molecule has 5 nitrogen and oxygen atoms in total. The lowest BCUT2D eigenvalue weighted by molar-refractivity contribution is -0.121. The fraction of sp³-hybridized carbons (Fsp3) is 0.333. The number of ether oxygens (including phenoxy) is 1. The lowest BCUT2D eigenvalue weighted by Gasteiger charge is -2.36. The zero-order valence-corrected chi connectivity index (χ0v) is 18.6. The van der Waals surface area contributed by atoms with Gasteiger partial charge in [-0.25, -0.2) is 0 Å². The first-order chi connectivity index (χ1) is 15.7. The lowest BCUT2D eigenvalue weighted by Crippen LogP contribution is -2.41. The number of methoxy groups -OCH3 is 1. The molecule has 3 aromatic rings. The molecule has 1 aliphatic heterocycles. The molecule has 1 amide bonds. The van der Waals surface area contributed by atoms with Gasteiger partial charge in [-0.15, -0.1) is 0 Å². The first-order valence-corrected chi connectivity index (χ1v) is 11.3. The summed E-state index contributed by atoms with van der Waals surface area (Å²) >= 11 is 0. The second-order valence-electron chi connectivity index (χ2n) is 8.39. The predicted octanol–water partition coefficient (Wildman–Crippen LogP) is 4.40. The normalized spacial score (nSPS) is 15.8. The molecule has 0 saturated carbocycles. The first kappa shape index (κ1) is 22.0. The summed E-state index contributed by atoms with van der Waals surface area (Å²) in [7, 11) is 1.72. The van der Waals surface area contributed by atoms with Crippen LogP contribution >= 0.6 is 0 Å². The fourth-order valence-electron chi connectivity index (χ4n) is 4.52. The number of hydrogen-bond acceptors (Lipinski definition) is 4. The Morgan fingerprint density at radius 2 is 1.75 bits per heavy atom.